The van der Waals surface area contributed by atoms with Gasteiger partial charge in [0.25, 0.3) is 0 Å². The normalized spacial score (nSPS) is 31.4. The number of nitrogens with one attached hydrogen (secondary N) is 1. The number of Topliss-reactive ketones (excluding diaryl/α,β-unsaturated/α-hetero) is 1. The Morgan fingerprint density at radius 3 is 2.91 bits per heavy atom. The van der Waals surface area contributed by atoms with Gasteiger partial charge >= 0.3 is 0 Å². The van der Waals surface area contributed by atoms with E-state index < -0.39 is 11.8 Å². The number of ketones is 1. The maximum absolute atomic E-state index is 10.7. The van der Waals surface area contributed by atoms with Crippen molar-refractivity contribution in [3.8, 4) is 0 Å². The minimum Gasteiger partial charge on any atom is -0.364 e. The highest BCUT2D eigenvalue weighted by atomic mass is 32.1. The number of carbonyl (C=O) groups is 2. The van der Waals surface area contributed by atoms with Crippen molar-refractivity contribution in [1.29, 1.82) is 0 Å². The monoisotopic (exact) mass is 175 g/mol. The van der Waals surface area contributed by atoms with Crippen LogP contribution >= 0.6 is 12.6 Å². The lowest BCUT2D eigenvalue weighted by Gasteiger charge is -2.25. The second kappa shape index (κ2) is 3.85. The SMILES string of the molecule is O=CC(=O)C1COC(S)CN1. The molecule has 0 aromatic rings. The molecule has 5 heteroatoms. The lowest BCUT2D eigenvalue weighted by atomic mass is 10.2. The Bertz CT molecular complexity index is 165. The van der Waals surface area contributed by atoms with Gasteiger partial charge in [-0.25, -0.2) is 0 Å². The van der Waals surface area contributed by atoms with Gasteiger partial charge in [0.15, 0.2) is 6.29 Å². The number of hydrogen-bond donors (Lipinski definition) is 2. The molecule has 11 heavy (non-hydrogen) atoms. The zero-order valence-electron chi connectivity index (χ0n) is 5.82. The van der Waals surface area contributed by atoms with Gasteiger partial charge in [-0.3, -0.25) is 9.59 Å². The van der Waals surface area contributed by atoms with Crippen LogP contribution in [0.1, 0.15) is 0 Å². The van der Waals surface area contributed by atoms with Gasteiger partial charge in [-0.05, 0) is 0 Å². The van der Waals surface area contributed by atoms with Crippen molar-refractivity contribution in [2.24, 2.45) is 0 Å². The van der Waals surface area contributed by atoms with Crippen molar-refractivity contribution in [3.05, 3.63) is 0 Å². The van der Waals surface area contributed by atoms with E-state index in [4.69, 9.17) is 4.74 Å². The third-order valence-corrected chi connectivity index (χ3v) is 1.79. The van der Waals surface area contributed by atoms with Crippen molar-refractivity contribution in [2.75, 3.05) is 13.2 Å². The van der Waals surface area contributed by atoms with Crippen LogP contribution in [0, 0.1) is 0 Å². The molecule has 1 saturated heterocycles. The summed E-state index contributed by atoms with van der Waals surface area (Å²) in [5.74, 6) is -0.467. The standard InChI is InChI=1S/C6H9NO3S/c8-2-5(9)4-3-10-6(11)1-7-4/h2,4,6-7,11H,1,3H2. The lowest BCUT2D eigenvalue weighted by molar-refractivity contribution is -0.133. The van der Waals surface area contributed by atoms with E-state index in [2.05, 4.69) is 17.9 Å². The van der Waals surface area contributed by atoms with Crippen LogP contribution < -0.4 is 5.32 Å². The summed E-state index contributed by atoms with van der Waals surface area (Å²) < 4.78 is 5.04. The second-order valence-corrected chi connectivity index (χ2v) is 2.85. The molecule has 0 amide bonds. The average molecular weight is 175 g/mol. The first kappa shape index (κ1) is 8.70. The minimum absolute atomic E-state index is 0.175. The zero-order chi connectivity index (χ0) is 8.27. The maximum Gasteiger partial charge on any atom is 0.214 e. The van der Waals surface area contributed by atoms with Crippen LogP contribution in [0.3, 0.4) is 0 Å². The van der Waals surface area contributed by atoms with Crippen molar-refractivity contribution >= 4 is 24.7 Å². The molecule has 62 valence electrons. The molecule has 0 aliphatic carbocycles. The fourth-order valence-corrected chi connectivity index (χ4v) is 1.02. The molecule has 0 bridgehead atoms. The van der Waals surface area contributed by atoms with Gasteiger partial charge in [-0.2, -0.15) is 0 Å². The van der Waals surface area contributed by atoms with Gasteiger partial charge in [-0.15, -0.1) is 12.6 Å². The van der Waals surface area contributed by atoms with E-state index in [9.17, 15) is 9.59 Å². The van der Waals surface area contributed by atoms with E-state index >= 15 is 0 Å². The van der Waals surface area contributed by atoms with Gasteiger partial charge in [-0.1, -0.05) is 0 Å². The van der Waals surface area contributed by atoms with Gasteiger partial charge < -0.3 is 10.1 Å². The molecule has 1 aliphatic heterocycles. The van der Waals surface area contributed by atoms with E-state index in [0.29, 0.717) is 12.8 Å². The molecule has 1 heterocycles. The average Bonchev–Trinajstić information content (AvgIpc) is 2.05. The van der Waals surface area contributed by atoms with Gasteiger partial charge in [0.2, 0.25) is 5.78 Å². The first-order valence-electron chi connectivity index (χ1n) is 3.26. The smallest absolute Gasteiger partial charge is 0.214 e. The number of hydrogen-bond acceptors (Lipinski definition) is 5. The Morgan fingerprint density at radius 2 is 2.45 bits per heavy atom. The molecule has 1 rings (SSSR count). The Hall–Kier alpha value is -0.390. The van der Waals surface area contributed by atoms with Crippen LogP contribution in [-0.2, 0) is 14.3 Å². The Balaban J connectivity index is 2.38. The largest absolute Gasteiger partial charge is 0.364 e. The topological polar surface area (TPSA) is 55.4 Å². The molecule has 4 nitrogen and oxygen atoms in total. The summed E-state index contributed by atoms with van der Waals surface area (Å²) in [6.07, 6.45) is 0.305. The predicted octanol–water partition coefficient (Wildman–Crippen LogP) is -1.00. The van der Waals surface area contributed by atoms with E-state index in [-0.39, 0.29) is 12.0 Å². The zero-order valence-corrected chi connectivity index (χ0v) is 6.71. The van der Waals surface area contributed by atoms with Crippen molar-refractivity contribution in [1.82, 2.24) is 5.32 Å². The molecule has 0 saturated carbocycles. The molecule has 0 spiro atoms. The van der Waals surface area contributed by atoms with Crippen LogP contribution in [0.15, 0.2) is 0 Å². The summed E-state index contributed by atoms with van der Waals surface area (Å²) in [6.45, 7) is 0.721. The summed E-state index contributed by atoms with van der Waals surface area (Å²) in [4.78, 5) is 20.8. The number of thiol groups is 1. The molecule has 2 atom stereocenters. The fourth-order valence-electron chi connectivity index (χ4n) is 0.833. The highest BCUT2D eigenvalue weighted by molar-refractivity contribution is 7.80. The fraction of sp³-hybridized carbons (Fsp3) is 0.667. The highest BCUT2D eigenvalue weighted by Crippen LogP contribution is 2.03. The van der Waals surface area contributed by atoms with Crippen LogP contribution in [0.4, 0.5) is 0 Å². The molecule has 0 aromatic heterocycles. The van der Waals surface area contributed by atoms with Crippen molar-refractivity contribution in [2.45, 2.75) is 11.5 Å². The molecule has 0 radical (unpaired) electrons. The lowest BCUT2D eigenvalue weighted by Crippen LogP contribution is -2.49. The first-order valence-corrected chi connectivity index (χ1v) is 3.77. The number of aldehydes is 1. The number of carbonyl (C=O) groups excluding carboxylic acids is 2. The van der Waals surface area contributed by atoms with Gasteiger partial charge in [0.05, 0.1) is 12.6 Å². The number of ether oxygens (including phenoxy) is 1. The quantitative estimate of drug-likeness (QED) is 0.321. The molecule has 1 fully saturated rings. The molecular weight excluding hydrogens is 166 g/mol. The van der Waals surface area contributed by atoms with Crippen molar-refractivity contribution in [3.63, 3.8) is 0 Å². The second-order valence-electron chi connectivity index (χ2n) is 2.27. The van der Waals surface area contributed by atoms with Crippen LogP contribution in [0.5, 0.6) is 0 Å². The van der Waals surface area contributed by atoms with Gasteiger partial charge in [0.1, 0.15) is 5.44 Å². The summed E-state index contributed by atoms with van der Waals surface area (Å²) in [5, 5.41) is 2.84. The van der Waals surface area contributed by atoms with Crippen LogP contribution in [0.25, 0.3) is 0 Å². The number of morpholine rings is 1. The third-order valence-electron chi connectivity index (χ3n) is 1.45. The molecule has 1 N–H and O–H groups in total. The molecular formula is C6H9NO3S. The summed E-state index contributed by atoms with van der Waals surface area (Å²) in [7, 11) is 0. The van der Waals surface area contributed by atoms with Crippen LogP contribution in [0.2, 0.25) is 0 Å². The molecule has 1 aliphatic rings. The van der Waals surface area contributed by atoms with Crippen LogP contribution in [-0.4, -0.2) is 36.7 Å². The minimum atomic E-state index is -0.476. The molecule has 0 aromatic carbocycles. The number of rotatable bonds is 2. The van der Waals surface area contributed by atoms with E-state index in [1.54, 1.807) is 0 Å². The Morgan fingerprint density at radius 1 is 1.73 bits per heavy atom. The molecule has 2 unspecified atom stereocenters. The highest BCUT2D eigenvalue weighted by Gasteiger charge is 2.23. The van der Waals surface area contributed by atoms with Crippen molar-refractivity contribution < 1.29 is 14.3 Å². The predicted molar refractivity (Wildman–Crippen MR) is 41.6 cm³/mol. The maximum atomic E-state index is 10.7. The Labute approximate surface area is 69.7 Å². The van der Waals surface area contributed by atoms with E-state index in [1.807, 2.05) is 0 Å². The third kappa shape index (κ3) is 2.28. The van der Waals surface area contributed by atoms with E-state index in [0.717, 1.165) is 0 Å². The van der Waals surface area contributed by atoms with Gasteiger partial charge in [0, 0.05) is 6.54 Å². The summed E-state index contributed by atoms with van der Waals surface area (Å²) in [5.41, 5.74) is -0.175. The van der Waals surface area contributed by atoms with E-state index in [1.165, 1.54) is 0 Å². The Kier molecular flexibility index (Phi) is 3.04. The first-order chi connectivity index (χ1) is 5.24. The summed E-state index contributed by atoms with van der Waals surface area (Å²) in [6, 6.07) is -0.476. The summed E-state index contributed by atoms with van der Waals surface area (Å²) >= 11 is 4.02.